The first-order chi connectivity index (χ1) is 11.6. The highest BCUT2D eigenvalue weighted by molar-refractivity contribution is 5.86. The molecule has 0 bridgehead atoms. The molecule has 0 saturated heterocycles. The summed E-state index contributed by atoms with van der Waals surface area (Å²) in [6.45, 7) is -0.482. The topological polar surface area (TPSA) is 108 Å². The van der Waals surface area contributed by atoms with Gasteiger partial charge in [0.2, 0.25) is 0 Å². The van der Waals surface area contributed by atoms with E-state index in [9.17, 15) is 14.7 Å². The van der Waals surface area contributed by atoms with E-state index in [1.807, 2.05) is 0 Å². The number of carboxylic acid groups (broad SMARTS) is 1. The monoisotopic (exact) mass is 328 g/mol. The summed E-state index contributed by atoms with van der Waals surface area (Å²) in [7, 11) is 0. The van der Waals surface area contributed by atoms with Gasteiger partial charge in [-0.2, -0.15) is 5.10 Å². The lowest BCUT2D eigenvalue weighted by atomic mass is 10.1. The molecule has 1 atom stereocenters. The Hall–Kier alpha value is -3.19. The van der Waals surface area contributed by atoms with Gasteiger partial charge < -0.3 is 14.9 Å². The number of aliphatic hydroxyl groups is 1. The molecule has 3 N–H and O–H groups in total. The van der Waals surface area contributed by atoms with E-state index < -0.39 is 24.6 Å². The van der Waals surface area contributed by atoms with Gasteiger partial charge in [0.05, 0.1) is 6.21 Å². The number of rotatable bonds is 7. The van der Waals surface area contributed by atoms with Crippen molar-refractivity contribution in [2.24, 2.45) is 5.10 Å². The van der Waals surface area contributed by atoms with Gasteiger partial charge in [0, 0.05) is 5.56 Å². The van der Waals surface area contributed by atoms with Gasteiger partial charge in [0.25, 0.3) is 5.91 Å². The second-order valence-corrected chi connectivity index (χ2v) is 4.77. The first-order valence-corrected chi connectivity index (χ1v) is 7.07. The molecule has 7 nitrogen and oxygen atoms in total. The molecule has 0 aliphatic rings. The van der Waals surface area contributed by atoms with Crippen LogP contribution in [0.4, 0.5) is 0 Å². The normalized spacial score (nSPS) is 11.9. The largest absolute Gasteiger partial charge is 0.481 e. The lowest BCUT2D eigenvalue weighted by Gasteiger charge is -2.09. The van der Waals surface area contributed by atoms with Gasteiger partial charge in [-0.25, -0.2) is 10.2 Å². The van der Waals surface area contributed by atoms with E-state index in [4.69, 9.17) is 9.84 Å². The number of carbonyl (C=O) groups excluding carboxylic acids is 1. The quantitative estimate of drug-likeness (QED) is 0.525. The standard InChI is InChI=1S/C17H16N2O5/c20-15(21)11-24-14-9-5-4-8-13(14)10-18-19-17(23)16(22)12-6-2-1-3-7-12/h1-10,16,22H,11H2,(H,19,23)(H,20,21)/b18-10-/t16-/m1/s1. The van der Waals surface area contributed by atoms with Crippen molar-refractivity contribution in [2.45, 2.75) is 6.10 Å². The maximum Gasteiger partial charge on any atom is 0.341 e. The second-order valence-electron chi connectivity index (χ2n) is 4.77. The van der Waals surface area contributed by atoms with Gasteiger partial charge in [-0.1, -0.05) is 42.5 Å². The Morgan fingerprint density at radius 1 is 1.12 bits per heavy atom. The van der Waals surface area contributed by atoms with Crippen molar-refractivity contribution >= 4 is 18.1 Å². The summed E-state index contributed by atoms with van der Waals surface area (Å²) in [5.74, 6) is -1.45. The Morgan fingerprint density at radius 3 is 2.50 bits per heavy atom. The van der Waals surface area contributed by atoms with E-state index in [0.29, 0.717) is 16.9 Å². The molecule has 0 aliphatic carbocycles. The maximum atomic E-state index is 11.8. The van der Waals surface area contributed by atoms with Crippen LogP contribution >= 0.6 is 0 Å². The molecular formula is C17H16N2O5. The molecule has 0 fully saturated rings. The van der Waals surface area contributed by atoms with Crippen LogP contribution in [0.15, 0.2) is 59.7 Å². The molecular weight excluding hydrogens is 312 g/mol. The smallest absolute Gasteiger partial charge is 0.341 e. The molecule has 1 amide bonds. The number of para-hydroxylation sites is 1. The molecule has 0 unspecified atom stereocenters. The number of hydrazone groups is 1. The number of hydrogen-bond acceptors (Lipinski definition) is 5. The predicted octanol–water partition coefficient (Wildman–Crippen LogP) is 1.33. The molecule has 0 saturated carbocycles. The van der Waals surface area contributed by atoms with E-state index >= 15 is 0 Å². The minimum atomic E-state index is -1.33. The predicted molar refractivity (Wildman–Crippen MR) is 86.7 cm³/mol. The molecule has 124 valence electrons. The van der Waals surface area contributed by atoms with E-state index in [1.54, 1.807) is 54.6 Å². The molecule has 2 aromatic rings. The lowest BCUT2D eigenvalue weighted by Crippen LogP contribution is -2.25. The summed E-state index contributed by atoms with van der Waals surface area (Å²) in [4.78, 5) is 22.4. The highest BCUT2D eigenvalue weighted by Crippen LogP contribution is 2.16. The summed E-state index contributed by atoms with van der Waals surface area (Å²) >= 11 is 0. The first-order valence-electron chi connectivity index (χ1n) is 7.07. The Bertz CT molecular complexity index is 731. The fourth-order valence-electron chi connectivity index (χ4n) is 1.87. The SMILES string of the molecule is O=C(O)COc1ccccc1/C=N\NC(=O)[C@H](O)c1ccccc1. The molecule has 0 aliphatic heterocycles. The number of aliphatic hydroxyl groups excluding tert-OH is 1. The average molecular weight is 328 g/mol. The number of carbonyl (C=O) groups is 2. The van der Waals surface area contributed by atoms with Crippen molar-refractivity contribution < 1.29 is 24.5 Å². The van der Waals surface area contributed by atoms with Gasteiger partial charge >= 0.3 is 5.97 Å². The minimum absolute atomic E-state index is 0.321. The third-order valence-corrected chi connectivity index (χ3v) is 3.01. The Balaban J connectivity index is 1.99. The van der Waals surface area contributed by atoms with Crippen molar-refractivity contribution in [1.82, 2.24) is 5.43 Å². The Labute approximate surface area is 138 Å². The van der Waals surface area contributed by atoms with Gasteiger partial charge in [-0.05, 0) is 17.7 Å². The number of hydrogen-bond donors (Lipinski definition) is 3. The third-order valence-electron chi connectivity index (χ3n) is 3.01. The number of aliphatic carboxylic acids is 1. The lowest BCUT2D eigenvalue weighted by molar-refractivity contribution is -0.139. The van der Waals surface area contributed by atoms with Gasteiger partial charge in [-0.3, -0.25) is 4.79 Å². The summed E-state index contributed by atoms with van der Waals surface area (Å²) in [6.07, 6.45) is -0.0193. The number of carboxylic acids is 1. The third kappa shape index (κ3) is 4.92. The molecule has 0 heterocycles. The summed E-state index contributed by atoms with van der Waals surface area (Å²) in [6, 6.07) is 15.1. The van der Waals surface area contributed by atoms with Crippen LogP contribution in [0.1, 0.15) is 17.2 Å². The van der Waals surface area contributed by atoms with Crippen LogP contribution in [-0.4, -0.2) is 34.9 Å². The minimum Gasteiger partial charge on any atom is -0.481 e. The molecule has 2 rings (SSSR count). The van der Waals surface area contributed by atoms with Crippen LogP contribution in [0.5, 0.6) is 5.75 Å². The van der Waals surface area contributed by atoms with Crippen LogP contribution in [0, 0.1) is 0 Å². The van der Waals surface area contributed by atoms with Crippen LogP contribution in [0.3, 0.4) is 0 Å². The Morgan fingerprint density at radius 2 is 1.79 bits per heavy atom. The molecule has 2 aromatic carbocycles. The van der Waals surface area contributed by atoms with Crippen molar-refractivity contribution in [3.8, 4) is 5.75 Å². The number of nitrogens with zero attached hydrogens (tertiary/aromatic N) is 1. The van der Waals surface area contributed by atoms with E-state index in [2.05, 4.69) is 10.5 Å². The summed E-state index contributed by atoms with van der Waals surface area (Å²) in [5.41, 5.74) is 3.18. The molecule has 7 heteroatoms. The number of ether oxygens (including phenoxy) is 1. The first kappa shape index (κ1) is 17.2. The average Bonchev–Trinajstić information content (AvgIpc) is 2.60. The van der Waals surface area contributed by atoms with Crippen LogP contribution in [0.25, 0.3) is 0 Å². The van der Waals surface area contributed by atoms with E-state index in [-0.39, 0.29) is 0 Å². The zero-order valence-corrected chi connectivity index (χ0v) is 12.6. The van der Waals surface area contributed by atoms with Gasteiger partial charge in [0.15, 0.2) is 12.7 Å². The number of nitrogens with one attached hydrogen (secondary N) is 1. The van der Waals surface area contributed by atoms with Gasteiger partial charge in [0.1, 0.15) is 5.75 Å². The summed E-state index contributed by atoms with van der Waals surface area (Å²) in [5, 5.41) is 22.3. The van der Waals surface area contributed by atoms with Crippen molar-refractivity contribution in [2.75, 3.05) is 6.61 Å². The maximum absolute atomic E-state index is 11.8. The molecule has 0 radical (unpaired) electrons. The van der Waals surface area contributed by atoms with Crippen molar-refractivity contribution in [3.05, 3.63) is 65.7 Å². The fourth-order valence-corrected chi connectivity index (χ4v) is 1.87. The second kappa shape index (κ2) is 8.44. The van der Waals surface area contributed by atoms with Crippen LogP contribution in [0.2, 0.25) is 0 Å². The van der Waals surface area contributed by atoms with Crippen LogP contribution in [-0.2, 0) is 9.59 Å². The molecule has 24 heavy (non-hydrogen) atoms. The van der Waals surface area contributed by atoms with E-state index in [1.165, 1.54) is 6.21 Å². The Kier molecular flexibility index (Phi) is 6.04. The fraction of sp³-hybridized carbons (Fsp3) is 0.118. The van der Waals surface area contributed by atoms with E-state index in [0.717, 1.165) is 0 Å². The molecule has 0 spiro atoms. The summed E-state index contributed by atoms with van der Waals surface area (Å²) < 4.78 is 5.12. The highest BCUT2D eigenvalue weighted by Gasteiger charge is 2.16. The highest BCUT2D eigenvalue weighted by atomic mass is 16.5. The number of benzene rings is 2. The zero-order chi connectivity index (χ0) is 17.4. The zero-order valence-electron chi connectivity index (χ0n) is 12.6. The van der Waals surface area contributed by atoms with Crippen LogP contribution < -0.4 is 10.2 Å². The van der Waals surface area contributed by atoms with Crippen molar-refractivity contribution in [1.29, 1.82) is 0 Å². The number of amides is 1. The van der Waals surface area contributed by atoms with Crippen molar-refractivity contribution in [3.63, 3.8) is 0 Å². The molecule has 0 aromatic heterocycles. The van der Waals surface area contributed by atoms with Gasteiger partial charge in [-0.15, -0.1) is 0 Å².